The number of aromatic nitrogens is 2. The average molecular weight is 499 g/mol. The molecule has 3 heterocycles. The van der Waals surface area contributed by atoms with Crippen LogP contribution in [-0.4, -0.2) is 58.8 Å². The van der Waals surface area contributed by atoms with Crippen LogP contribution in [0.2, 0.25) is 0 Å². The molecule has 5 rings (SSSR count). The lowest BCUT2D eigenvalue weighted by Gasteiger charge is -2.37. The number of carbonyl (C=O) groups excluding carboxylic acids is 3. The number of H-pyrrole nitrogens is 1. The Morgan fingerprint density at radius 2 is 1.89 bits per heavy atom. The molecule has 9 nitrogen and oxygen atoms in total. The number of amides is 3. The number of nitrogens with zero attached hydrogens (tertiary/aromatic N) is 2. The SMILES string of the molecule is CN(C)C(=O)[C@H]1CC[C@H](NC(=O)c2cc3cc(F)ccc3[nH]2)[C@H](NC(=O)c2nc3c(s2)CNC3)C1. The lowest BCUT2D eigenvalue weighted by Crippen LogP contribution is -2.56. The fraction of sp³-hybridized carbons (Fsp3) is 0.417. The molecule has 1 fully saturated rings. The van der Waals surface area contributed by atoms with Gasteiger partial charge in [0.25, 0.3) is 11.8 Å². The van der Waals surface area contributed by atoms with Crippen molar-refractivity contribution >= 4 is 40.0 Å². The van der Waals surface area contributed by atoms with Crippen molar-refractivity contribution in [1.82, 2.24) is 30.8 Å². The van der Waals surface area contributed by atoms with Gasteiger partial charge in [0.2, 0.25) is 5.91 Å². The summed E-state index contributed by atoms with van der Waals surface area (Å²) in [5.74, 6) is -1.26. The van der Waals surface area contributed by atoms with Gasteiger partial charge < -0.3 is 25.8 Å². The number of thiazole rings is 1. The highest BCUT2D eigenvalue weighted by Gasteiger charge is 2.37. The van der Waals surface area contributed by atoms with Crippen molar-refractivity contribution in [3.05, 3.63) is 51.4 Å². The molecule has 0 bridgehead atoms. The van der Waals surface area contributed by atoms with Crippen LogP contribution >= 0.6 is 11.3 Å². The molecule has 11 heteroatoms. The second-order valence-corrected chi connectivity index (χ2v) is 10.4. The van der Waals surface area contributed by atoms with E-state index in [2.05, 4.69) is 25.9 Å². The van der Waals surface area contributed by atoms with Crippen LogP contribution in [-0.2, 0) is 17.9 Å². The molecule has 0 saturated heterocycles. The van der Waals surface area contributed by atoms with E-state index in [1.807, 2.05) is 0 Å². The standard InChI is InChI=1S/C24H27FN6O3S/c1-31(2)24(34)12-3-5-16(28-21(32)18-9-13-7-14(25)4-6-15(13)27-18)17(8-12)29-22(33)23-30-19-10-26-11-20(19)35-23/h4,6-7,9,12,16-17,26-27H,3,5,8,10-11H2,1-2H3,(H,28,32)(H,29,33)/t12-,16-,17+/m0/s1. The first-order chi connectivity index (χ1) is 16.8. The summed E-state index contributed by atoms with van der Waals surface area (Å²) in [6, 6.07) is 5.09. The maximum atomic E-state index is 13.6. The Kier molecular flexibility index (Phi) is 6.28. The number of nitrogens with one attached hydrogen (secondary N) is 4. The summed E-state index contributed by atoms with van der Waals surface area (Å²) in [6.07, 6.45) is 1.55. The molecule has 1 aliphatic heterocycles. The minimum absolute atomic E-state index is 0.00553. The van der Waals surface area contributed by atoms with Crippen LogP contribution in [0.25, 0.3) is 10.9 Å². The lowest BCUT2D eigenvalue weighted by molar-refractivity contribution is -0.134. The van der Waals surface area contributed by atoms with Crippen molar-refractivity contribution < 1.29 is 18.8 Å². The molecule has 35 heavy (non-hydrogen) atoms. The van der Waals surface area contributed by atoms with Gasteiger partial charge in [-0.2, -0.15) is 0 Å². The van der Waals surface area contributed by atoms with E-state index < -0.39 is 6.04 Å². The number of benzene rings is 1. The molecule has 0 unspecified atom stereocenters. The smallest absolute Gasteiger partial charge is 0.280 e. The van der Waals surface area contributed by atoms with Gasteiger partial charge in [0.1, 0.15) is 11.5 Å². The molecule has 1 saturated carbocycles. The second kappa shape index (κ2) is 9.38. The van der Waals surface area contributed by atoms with Crippen LogP contribution in [0.1, 0.15) is 50.1 Å². The Morgan fingerprint density at radius 3 is 2.66 bits per heavy atom. The van der Waals surface area contributed by atoms with E-state index in [1.165, 1.54) is 23.5 Å². The summed E-state index contributed by atoms with van der Waals surface area (Å²) in [6.45, 7) is 1.35. The summed E-state index contributed by atoms with van der Waals surface area (Å²) < 4.78 is 13.6. The normalized spacial score (nSPS) is 21.5. The molecule has 1 aromatic carbocycles. The maximum Gasteiger partial charge on any atom is 0.280 e. The molecule has 0 radical (unpaired) electrons. The van der Waals surface area contributed by atoms with Crippen LogP contribution in [0.15, 0.2) is 24.3 Å². The van der Waals surface area contributed by atoms with E-state index >= 15 is 0 Å². The molecular weight excluding hydrogens is 471 g/mol. The Hall–Kier alpha value is -3.31. The molecule has 2 aromatic heterocycles. The topological polar surface area (TPSA) is 119 Å². The largest absolute Gasteiger partial charge is 0.351 e. The molecular formula is C24H27FN6O3S. The van der Waals surface area contributed by atoms with Crippen molar-refractivity contribution in [1.29, 1.82) is 0 Å². The number of aromatic amines is 1. The van der Waals surface area contributed by atoms with Crippen LogP contribution < -0.4 is 16.0 Å². The quantitative estimate of drug-likeness (QED) is 0.430. The van der Waals surface area contributed by atoms with E-state index in [1.54, 1.807) is 31.1 Å². The molecule has 4 N–H and O–H groups in total. The fourth-order valence-electron chi connectivity index (χ4n) is 4.85. The van der Waals surface area contributed by atoms with Crippen molar-refractivity contribution in [3.8, 4) is 0 Å². The van der Waals surface area contributed by atoms with Crippen molar-refractivity contribution in [3.63, 3.8) is 0 Å². The Labute approximate surface area is 205 Å². The predicted octanol–water partition coefficient (Wildman–Crippen LogP) is 2.15. The fourth-order valence-corrected chi connectivity index (χ4v) is 5.80. The molecule has 3 amide bonds. The Bertz CT molecular complexity index is 1280. The molecule has 3 atom stereocenters. The minimum atomic E-state index is -0.437. The third-order valence-corrected chi connectivity index (χ3v) is 7.75. The summed E-state index contributed by atoms with van der Waals surface area (Å²) in [4.78, 5) is 48.8. The first-order valence-corrected chi connectivity index (χ1v) is 12.4. The first-order valence-electron chi connectivity index (χ1n) is 11.6. The first kappa shape index (κ1) is 23.4. The Morgan fingerprint density at radius 1 is 1.09 bits per heavy atom. The number of rotatable bonds is 5. The number of fused-ring (bicyclic) bond motifs is 2. The van der Waals surface area contributed by atoms with Gasteiger partial charge in [0.05, 0.1) is 11.7 Å². The van der Waals surface area contributed by atoms with E-state index in [0.29, 0.717) is 54.0 Å². The average Bonchev–Trinajstić information content (AvgIpc) is 3.54. The highest BCUT2D eigenvalue weighted by atomic mass is 32.1. The van der Waals surface area contributed by atoms with Gasteiger partial charge in [-0.1, -0.05) is 0 Å². The summed E-state index contributed by atoms with van der Waals surface area (Å²) in [5.41, 5.74) is 1.86. The van der Waals surface area contributed by atoms with Gasteiger partial charge in [0, 0.05) is 54.9 Å². The van der Waals surface area contributed by atoms with Crippen LogP contribution in [0, 0.1) is 11.7 Å². The zero-order valence-electron chi connectivity index (χ0n) is 19.5. The number of hydrogen-bond acceptors (Lipinski definition) is 6. The summed E-state index contributed by atoms with van der Waals surface area (Å²) in [5, 5.41) is 10.2. The molecule has 2 aliphatic rings. The Balaban J connectivity index is 1.33. The molecule has 0 spiro atoms. The van der Waals surface area contributed by atoms with Crippen molar-refractivity contribution in [2.24, 2.45) is 5.92 Å². The number of halogens is 1. The zero-order chi connectivity index (χ0) is 24.7. The zero-order valence-corrected chi connectivity index (χ0v) is 20.3. The molecule has 1 aliphatic carbocycles. The maximum absolute atomic E-state index is 13.6. The third kappa shape index (κ3) is 4.78. The van der Waals surface area contributed by atoms with Gasteiger partial charge in [-0.25, -0.2) is 9.37 Å². The molecule has 184 valence electrons. The van der Waals surface area contributed by atoms with Crippen molar-refractivity contribution in [2.75, 3.05) is 14.1 Å². The van der Waals surface area contributed by atoms with Crippen LogP contribution in [0.3, 0.4) is 0 Å². The van der Waals surface area contributed by atoms with E-state index in [9.17, 15) is 18.8 Å². The predicted molar refractivity (Wildman–Crippen MR) is 129 cm³/mol. The monoisotopic (exact) mass is 498 g/mol. The third-order valence-electron chi connectivity index (χ3n) is 6.65. The minimum Gasteiger partial charge on any atom is -0.351 e. The van der Waals surface area contributed by atoms with Gasteiger partial charge in [-0.15, -0.1) is 11.3 Å². The lowest BCUT2D eigenvalue weighted by atomic mass is 9.81. The van der Waals surface area contributed by atoms with E-state index in [-0.39, 0.29) is 35.5 Å². The summed E-state index contributed by atoms with van der Waals surface area (Å²) >= 11 is 1.36. The number of carbonyl (C=O) groups is 3. The highest BCUT2D eigenvalue weighted by Crippen LogP contribution is 2.28. The van der Waals surface area contributed by atoms with Gasteiger partial charge >= 0.3 is 0 Å². The van der Waals surface area contributed by atoms with Gasteiger partial charge in [-0.3, -0.25) is 14.4 Å². The van der Waals surface area contributed by atoms with E-state index in [4.69, 9.17) is 0 Å². The van der Waals surface area contributed by atoms with Crippen LogP contribution in [0.4, 0.5) is 4.39 Å². The molecule has 3 aromatic rings. The number of hydrogen-bond donors (Lipinski definition) is 4. The van der Waals surface area contributed by atoms with Gasteiger partial charge in [-0.05, 0) is 43.5 Å². The summed E-state index contributed by atoms with van der Waals surface area (Å²) in [7, 11) is 3.43. The van der Waals surface area contributed by atoms with Crippen LogP contribution in [0.5, 0.6) is 0 Å². The second-order valence-electron chi connectivity index (χ2n) is 9.31. The highest BCUT2D eigenvalue weighted by molar-refractivity contribution is 7.13. The van der Waals surface area contributed by atoms with Gasteiger partial charge in [0.15, 0.2) is 5.01 Å². The van der Waals surface area contributed by atoms with Crippen molar-refractivity contribution in [2.45, 2.75) is 44.4 Å². The van der Waals surface area contributed by atoms with E-state index in [0.717, 1.165) is 10.6 Å².